The van der Waals surface area contributed by atoms with Gasteiger partial charge in [-0.3, -0.25) is 0 Å². The van der Waals surface area contributed by atoms with Crippen molar-refractivity contribution in [2.24, 2.45) is 0 Å². The summed E-state index contributed by atoms with van der Waals surface area (Å²) in [4.78, 5) is 11.7. The average molecular weight is 227 g/mol. The van der Waals surface area contributed by atoms with Crippen LogP contribution in [-0.2, 0) is 11.7 Å². The summed E-state index contributed by atoms with van der Waals surface area (Å²) in [6.07, 6.45) is 0. The van der Waals surface area contributed by atoms with Crippen LogP contribution in [0.25, 0.3) is 0 Å². The Balaban J connectivity index is 2.08. The summed E-state index contributed by atoms with van der Waals surface area (Å²) in [5, 5.41) is 10.6. The van der Waals surface area contributed by atoms with Gasteiger partial charge >= 0.3 is 5.97 Å². The molecule has 17 heavy (non-hydrogen) atoms. The zero-order valence-electron chi connectivity index (χ0n) is 9.13. The standard InChI is InChI=1S/C14H11O3/c15-10-11-6-8-13(9-7-11)17-14(16)12-4-2-1-3-5-12/h1-9H,10H2. The van der Waals surface area contributed by atoms with Gasteiger partial charge in [0.05, 0.1) is 5.56 Å². The summed E-state index contributed by atoms with van der Waals surface area (Å²) >= 11 is 0. The zero-order chi connectivity index (χ0) is 12.1. The molecule has 0 bridgehead atoms. The minimum atomic E-state index is -0.402. The molecule has 3 nitrogen and oxygen atoms in total. The molecule has 0 aliphatic carbocycles. The van der Waals surface area contributed by atoms with Gasteiger partial charge in [-0.05, 0) is 29.8 Å². The Morgan fingerprint density at radius 1 is 0.941 bits per heavy atom. The van der Waals surface area contributed by atoms with Crippen LogP contribution < -0.4 is 4.74 Å². The molecule has 0 N–H and O–H groups in total. The van der Waals surface area contributed by atoms with Crippen molar-refractivity contribution in [3.8, 4) is 5.75 Å². The third-order valence-electron chi connectivity index (χ3n) is 2.31. The van der Waals surface area contributed by atoms with Gasteiger partial charge in [-0.1, -0.05) is 30.3 Å². The lowest BCUT2D eigenvalue weighted by molar-refractivity contribution is 0.0734. The summed E-state index contributed by atoms with van der Waals surface area (Å²) in [6.45, 7) is -0.271. The normalized spacial score (nSPS) is 9.94. The smallest absolute Gasteiger partial charge is 0.343 e. The second-order valence-electron chi connectivity index (χ2n) is 3.54. The number of carbonyl (C=O) groups is 1. The first-order valence-corrected chi connectivity index (χ1v) is 5.24. The predicted molar refractivity (Wildman–Crippen MR) is 62.2 cm³/mol. The van der Waals surface area contributed by atoms with Crippen molar-refractivity contribution in [2.45, 2.75) is 6.61 Å². The highest BCUT2D eigenvalue weighted by molar-refractivity contribution is 5.90. The Bertz CT molecular complexity index is 489. The van der Waals surface area contributed by atoms with Gasteiger partial charge < -0.3 is 4.74 Å². The number of rotatable bonds is 3. The molecule has 2 aromatic rings. The maximum atomic E-state index is 11.7. The van der Waals surface area contributed by atoms with E-state index in [0.29, 0.717) is 16.9 Å². The highest BCUT2D eigenvalue weighted by atomic mass is 16.5. The Morgan fingerprint density at radius 2 is 1.59 bits per heavy atom. The Morgan fingerprint density at radius 3 is 2.18 bits per heavy atom. The molecular weight excluding hydrogens is 216 g/mol. The molecule has 0 saturated carbocycles. The molecule has 0 unspecified atom stereocenters. The first-order chi connectivity index (χ1) is 8.29. The van der Waals surface area contributed by atoms with Crippen LogP contribution in [0.2, 0.25) is 0 Å². The molecule has 0 aromatic heterocycles. The van der Waals surface area contributed by atoms with Crippen LogP contribution in [0.1, 0.15) is 15.9 Å². The van der Waals surface area contributed by atoms with E-state index < -0.39 is 5.97 Å². The molecular formula is C14H11O3. The third kappa shape index (κ3) is 2.92. The van der Waals surface area contributed by atoms with Crippen LogP contribution in [-0.4, -0.2) is 5.97 Å². The van der Waals surface area contributed by atoms with Gasteiger partial charge in [0, 0.05) is 0 Å². The minimum Gasteiger partial charge on any atom is -0.423 e. The van der Waals surface area contributed by atoms with Gasteiger partial charge in [0.1, 0.15) is 12.4 Å². The molecule has 0 saturated heterocycles. The van der Waals surface area contributed by atoms with E-state index in [0.717, 1.165) is 0 Å². The van der Waals surface area contributed by atoms with Gasteiger partial charge in [-0.25, -0.2) is 9.90 Å². The number of benzene rings is 2. The van der Waals surface area contributed by atoms with Crippen molar-refractivity contribution in [3.05, 3.63) is 65.7 Å². The minimum absolute atomic E-state index is 0.271. The topological polar surface area (TPSA) is 46.2 Å². The third-order valence-corrected chi connectivity index (χ3v) is 2.31. The van der Waals surface area contributed by atoms with Crippen LogP contribution in [0.5, 0.6) is 5.75 Å². The predicted octanol–water partition coefficient (Wildman–Crippen LogP) is 2.84. The van der Waals surface area contributed by atoms with Crippen LogP contribution in [0.3, 0.4) is 0 Å². The van der Waals surface area contributed by atoms with E-state index in [1.165, 1.54) is 0 Å². The van der Waals surface area contributed by atoms with Crippen LogP contribution in [0.4, 0.5) is 0 Å². The van der Waals surface area contributed by atoms with Gasteiger partial charge in [0.25, 0.3) is 0 Å². The highest BCUT2D eigenvalue weighted by Gasteiger charge is 2.07. The molecule has 0 aliphatic rings. The van der Waals surface area contributed by atoms with E-state index in [2.05, 4.69) is 0 Å². The fourth-order valence-corrected chi connectivity index (χ4v) is 1.39. The maximum Gasteiger partial charge on any atom is 0.343 e. The van der Waals surface area contributed by atoms with E-state index in [1.807, 2.05) is 6.07 Å². The molecule has 0 heterocycles. The average Bonchev–Trinajstić information content (AvgIpc) is 2.40. The number of ether oxygens (including phenoxy) is 1. The fourth-order valence-electron chi connectivity index (χ4n) is 1.39. The fraction of sp³-hybridized carbons (Fsp3) is 0.0714. The zero-order valence-corrected chi connectivity index (χ0v) is 9.13. The Labute approximate surface area is 99.3 Å². The lowest BCUT2D eigenvalue weighted by atomic mass is 10.2. The first-order valence-electron chi connectivity index (χ1n) is 5.24. The van der Waals surface area contributed by atoms with E-state index in [4.69, 9.17) is 4.74 Å². The maximum absolute atomic E-state index is 11.7. The van der Waals surface area contributed by atoms with E-state index in [9.17, 15) is 9.90 Å². The lowest BCUT2D eigenvalue weighted by Gasteiger charge is -2.04. The van der Waals surface area contributed by atoms with Crippen molar-refractivity contribution in [1.29, 1.82) is 0 Å². The summed E-state index contributed by atoms with van der Waals surface area (Å²) < 4.78 is 5.16. The quantitative estimate of drug-likeness (QED) is 0.598. The molecule has 85 valence electrons. The molecule has 0 aliphatic heterocycles. The highest BCUT2D eigenvalue weighted by Crippen LogP contribution is 2.14. The molecule has 0 fully saturated rings. The Kier molecular flexibility index (Phi) is 3.52. The van der Waals surface area contributed by atoms with Gasteiger partial charge in [-0.2, -0.15) is 0 Å². The first kappa shape index (κ1) is 11.4. The van der Waals surface area contributed by atoms with Gasteiger partial charge in [-0.15, -0.1) is 0 Å². The van der Waals surface area contributed by atoms with Crippen LogP contribution >= 0.6 is 0 Å². The van der Waals surface area contributed by atoms with Gasteiger partial charge in [0.2, 0.25) is 0 Å². The summed E-state index contributed by atoms with van der Waals surface area (Å²) in [6, 6.07) is 15.3. The molecule has 2 rings (SSSR count). The summed E-state index contributed by atoms with van der Waals surface area (Å²) in [5.74, 6) is 0.0385. The molecule has 1 radical (unpaired) electrons. The second-order valence-corrected chi connectivity index (χ2v) is 3.54. The number of hydrogen-bond acceptors (Lipinski definition) is 2. The second kappa shape index (κ2) is 5.27. The van der Waals surface area contributed by atoms with Crippen molar-refractivity contribution in [3.63, 3.8) is 0 Å². The Hall–Kier alpha value is -2.13. The van der Waals surface area contributed by atoms with E-state index in [-0.39, 0.29) is 6.61 Å². The number of carbonyl (C=O) groups excluding carboxylic acids is 1. The molecule has 0 amide bonds. The molecule has 3 heteroatoms. The van der Waals surface area contributed by atoms with Crippen LogP contribution in [0.15, 0.2) is 54.6 Å². The van der Waals surface area contributed by atoms with Crippen LogP contribution in [0, 0.1) is 0 Å². The summed E-state index contributed by atoms with van der Waals surface area (Å²) in [7, 11) is 0. The van der Waals surface area contributed by atoms with Crippen molar-refractivity contribution < 1.29 is 14.6 Å². The summed E-state index contributed by atoms with van der Waals surface area (Å²) in [5.41, 5.74) is 1.17. The van der Waals surface area contributed by atoms with Crippen molar-refractivity contribution >= 4 is 5.97 Å². The molecule has 0 atom stereocenters. The van der Waals surface area contributed by atoms with Crippen molar-refractivity contribution in [1.82, 2.24) is 0 Å². The number of hydrogen-bond donors (Lipinski definition) is 0. The van der Waals surface area contributed by atoms with E-state index >= 15 is 0 Å². The largest absolute Gasteiger partial charge is 0.423 e. The molecule has 0 spiro atoms. The van der Waals surface area contributed by atoms with E-state index in [1.54, 1.807) is 48.5 Å². The number of esters is 1. The van der Waals surface area contributed by atoms with Gasteiger partial charge in [0.15, 0.2) is 0 Å². The SMILES string of the molecule is [O]Cc1ccc(OC(=O)c2ccccc2)cc1. The molecule has 2 aromatic carbocycles. The van der Waals surface area contributed by atoms with Crippen molar-refractivity contribution in [2.75, 3.05) is 0 Å². The lowest BCUT2D eigenvalue weighted by Crippen LogP contribution is -2.07. The monoisotopic (exact) mass is 227 g/mol.